The van der Waals surface area contributed by atoms with E-state index in [0.29, 0.717) is 47.7 Å². The molecule has 2 rings (SSSR count). The van der Waals surface area contributed by atoms with Crippen molar-refractivity contribution in [3.63, 3.8) is 0 Å². The van der Waals surface area contributed by atoms with Crippen molar-refractivity contribution in [3.8, 4) is 23.0 Å². The van der Waals surface area contributed by atoms with Gasteiger partial charge in [-0.3, -0.25) is 9.05 Å². The second-order valence-electron chi connectivity index (χ2n) is 7.54. The van der Waals surface area contributed by atoms with Crippen molar-refractivity contribution in [1.82, 2.24) is 0 Å². The SMILES string of the molecule is CCCSP(=O)(OCC)Oc1ccc(Oc2ccc(OP(=O)(OCC)SCCC)c(C)c2)cc1C. The third-order valence-corrected chi connectivity index (χ3v) is 12.3. The average molecular weight is 563 g/mol. The maximum atomic E-state index is 13.0. The Morgan fingerprint density at radius 3 is 1.40 bits per heavy atom. The van der Waals surface area contributed by atoms with Gasteiger partial charge in [-0.2, -0.15) is 0 Å². The smallest absolute Gasteiger partial charge is 0.440 e. The first-order chi connectivity index (χ1) is 16.7. The lowest BCUT2D eigenvalue weighted by Gasteiger charge is -2.20. The van der Waals surface area contributed by atoms with Crippen LogP contribution < -0.4 is 13.8 Å². The quantitative estimate of drug-likeness (QED) is 0.186. The Hall–Kier alpha value is -1.08. The molecule has 7 nitrogen and oxygen atoms in total. The topological polar surface area (TPSA) is 80.3 Å². The fraction of sp³-hybridized carbons (Fsp3) is 0.500. The van der Waals surface area contributed by atoms with Crippen molar-refractivity contribution in [2.45, 2.75) is 54.4 Å². The van der Waals surface area contributed by atoms with Gasteiger partial charge in [0.15, 0.2) is 0 Å². The van der Waals surface area contributed by atoms with Gasteiger partial charge in [0, 0.05) is 11.5 Å². The molecule has 0 bridgehead atoms. The Labute approximate surface area is 217 Å². The molecule has 0 aromatic heterocycles. The number of rotatable bonds is 16. The fourth-order valence-corrected chi connectivity index (χ4v) is 9.87. The molecule has 2 aromatic carbocycles. The summed E-state index contributed by atoms with van der Waals surface area (Å²) in [5.41, 5.74) is 1.56. The predicted molar refractivity (Wildman–Crippen MR) is 148 cm³/mol. The molecule has 2 aromatic rings. The summed E-state index contributed by atoms with van der Waals surface area (Å²) in [7, 11) is 0. The van der Waals surface area contributed by atoms with Gasteiger partial charge in [-0.05, 0) is 111 Å². The highest BCUT2D eigenvalue weighted by Crippen LogP contribution is 2.61. The lowest BCUT2D eigenvalue weighted by atomic mass is 10.2. The van der Waals surface area contributed by atoms with E-state index in [-0.39, 0.29) is 0 Å². The summed E-state index contributed by atoms with van der Waals surface area (Å²) >= 11 is 2.42. The molecule has 0 saturated carbocycles. The van der Waals surface area contributed by atoms with Crippen molar-refractivity contribution in [2.24, 2.45) is 0 Å². The number of hydrogen-bond donors (Lipinski definition) is 0. The summed E-state index contributed by atoms with van der Waals surface area (Å²) in [6.07, 6.45) is 1.75. The van der Waals surface area contributed by atoms with Gasteiger partial charge in [0.2, 0.25) is 0 Å². The normalized spacial score (nSPS) is 14.7. The van der Waals surface area contributed by atoms with Crippen LogP contribution in [0.25, 0.3) is 0 Å². The molecule has 0 amide bonds. The van der Waals surface area contributed by atoms with Gasteiger partial charge in [0.1, 0.15) is 23.0 Å². The molecular formula is C24H36O7P2S2. The van der Waals surface area contributed by atoms with Crippen LogP contribution in [0.3, 0.4) is 0 Å². The van der Waals surface area contributed by atoms with Crippen molar-refractivity contribution in [3.05, 3.63) is 47.5 Å². The predicted octanol–water partition coefficient (Wildman–Crippen LogP) is 9.43. The van der Waals surface area contributed by atoms with Crippen LogP contribution in [0.5, 0.6) is 23.0 Å². The highest BCUT2D eigenvalue weighted by Gasteiger charge is 2.28. The van der Waals surface area contributed by atoms with Crippen LogP contribution in [0.4, 0.5) is 0 Å². The Balaban J connectivity index is 2.13. The van der Waals surface area contributed by atoms with E-state index < -0.39 is 13.6 Å². The van der Waals surface area contributed by atoms with E-state index >= 15 is 0 Å². The highest BCUT2D eigenvalue weighted by molar-refractivity contribution is 8.55. The Morgan fingerprint density at radius 1 is 0.686 bits per heavy atom. The molecule has 0 N–H and O–H groups in total. The summed E-state index contributed by atoms with van der Waals surface area (Å²) in [4.78, 5) is 0. The fourth-order valence-electron chi connectivity index (χ4n) is 2.85. The Morgan fingerprint density at radius 2 is 1.09 bits per heavy atom. The maximum Gasteiger partial charge on any atom is 0.440 e. The molecule has 2 atom stereocenters. The van der Waals surface area contributed by atoms with Gasteiger partial charge in [-0.15, -0.1) is 0 Å². The van der Waals surface area contributed by atoms with E-state index in [1.165, 1.54) is 22.8 Å². The molecule has 196 valence electrons. The first-order valence-corrected chi connectivity index (χ1v) is 18.0. The number of hydrogen-bond acceptors (Lipinski definition) is 9. The lowest BCUT2D eigenvalue weighted by molar-refractivity contribution is 0.294. The zero-order valence-electron chi connectivity index (χ0n) is 21.3. The van der Waals surface area contributed by atoms with Crippen LogP contribution in [0.2, 0.25) is 0 Å². The van der Waals surface area contributed by atoms with Gasteiger partial charge >= 0.3 is 13.6 Å². The molecule has 2 unspecified atom stereocenters. The van der Waals surface area contributed by atoms with Crippen molar-refractivity contribution in [2.75, 3.05) is 24.7 Å². The molecule has 35 heavy (non-hydrogen) atoms. The van der Waals surface area contributed by atoms with Crippen LogP contribution in [0, 0.1) is 13.8 Å². The number of ether oxygens (including phenoxy) is 1. The highest BCUT2D eigenvalue weighted by atomic mass is 32.7. The Kier molecular flexibility index (Phi) is 12.6. The summed E-state index contributed by atoms with van der Waals surface area (Å²) in [5, 5.41) is 0. The molecule has 0 aliphatic heterocycles. The summed E-state index contributed by atoms with van der Waals surface area (Å²) in [5.74, 6) is 3.58. The van der Waals surface area contributed by atoms with Crippen molar-refractivity contribution < 1.29 is 32.0 Å². The van der Waals surface area contributed by atoms with Crippen molar-refractivity contribution in [1.29, 1.82) is 0 Å². The summed E-state index contributed by atoms with van der Waals surface area (Å²) in [6.45, 7) is 5.42. The second-order valence-corrected chi connectivity index (χ2v) is 15.8. The maximum absolute atomic E-state index is 13.0. The van der Waals surface area contributed by atoms with E-state index in [9.17, 15) is 9.13 Å². The minimum atomic E-state index is -3.28. The number of aryl methyl sites for hydroxylation is 2. The molecule has 0 saturated heterocycles. The van der Waals surface area contributed by atoms with E-state index in [4.69, 9.17) is 22.8 Å². The van der Waals surface area contributed by atoms with Gasteiger partial charge in [-0.1, -0.05) is 13.8 Å². The average Bonchev–Trinajstić information content (AvgIpc) is 2.80. The van der Waals surface area contributed by atoms with Gasteiger partial charge in [0.05, 0.1) is 13.2 Å². The van der Waals surface area contributed by atoms with E-state index in [0.717, 1.165) is 24.0 Å². The summed E-state index contributed by atoms with van der Waals surface area (Å²) < 4.78 is 54.4. The number of benzene rings is 2. The van der Waals surface area contributed by atoms with Gasteiger partial charge < -0.3 is 13.8 Å². The minimum absolute atomic E-state index is 0.310. The zero-order chi connectivity index (χ0) is 25.9. The third-order valence-electron chi connectivity index (χ3n) is 4.43. The van der Waals surface area contributed by atoms with Crippen LogP contribution >= 0.6 is 36.4 Å². The molecule has 0 spiro atoms. The summed E-state index contributed by atoms with van der Waals surface area (Å²) in [6, 6.07) is 10.6. The van der Waals surface area contributed by atoms with Crippen LogP contribution in [-0.4, -0.2) is 24.7 Å². The van der Waals surface area contributed by atoms with E-state index in [1.54, 1.807) is 38.1 Å². The minimum Gasteiger partial charge on any atom is -0.457 e. The molecule has 0 heterocycles. The standard InChI is InChI=1S/C24H36O7P2S2/c1-7-15-34-32(25,27-9-3)30-23-13-11-21(17-19(23)5)29-22-12-14-24(20(6)18-22)31-33(26,28-10-4)35-16-8-2/h11-14,17-18H,7-10,15-16H2,1-6H3. The van der Waals surface area contributed by atoms with Crippen LogP contribution in [0.15, 0.2) is 36.4 Å². The van der Waals surface area contributed by atoms with Crippen LogP contribution in [0.1, 0.15) is 51.7 Å². The first kappa shape index (κ1) is 30.1. The molecular weight excluding hydrogens is 526 g/mol. The molecule has 0 fully saturated rings. The van der Waals surface area contributed by atoms with Gasteiger partial charge in [0.25, 0.3) is 0 Å². The largest absolute Gasteiger partial charge is 0.457 e. The first-order valence-electron chi connectivity index (χ1n) is 11.7. The van der Waals surface area contributed by atoms with E-state index in [1.807, 2.05) is 39.8 Å². The monoisotopic (exact) mass is 562 g/mol. The lowest BCUT2D eigenvalue weighted by Crippen LogP contribution is -1.98. The zero-order valence-corrected chi connectivity index (χ0v) is 24.7. The molecule has 0 radical (unpaired) electrons. The molecule has 0 aliphatic rings. The third kappa shape index (κ3) is 9.71. The second kappa shape index (κ2) is 14.6. The van der Waals surface area contributed by atoms with Gasteiger partial charge in [-0.25, -0.2) is 9.13 Å². The van der Waals surface area contributed by atoms with Crippen LogP contribution in [-0.2, 0) is 18.2 Å². The van der Waals surface area contributed by atoms with E-state index in [2.05, 4.69) is 0 Å². The van der Waals surface area contributed by atoms with Crippen molar-refractivity contribution >= 4 is 36.4 Å². The molecule has 11 heteroatoms. The molecule has 0 aliphatic carbocycles. The Bertz CT molecular complexity index is 967.